The van der Waals surface area contributed by atoms with Crippen molar-refractivity contribution >= 4 is 11.4 Å². The highest BCUT2D eigenvalue weighted by atomic mass is 19.1. The van der Waals surface area contributed by atoms with E-state index in [9.17, 15) is 14.5 Å². The van der Waals surface area contributed by atoms with Gasteiger partial charge in [0.1, 0.15) is 11.9 Å². The summed E-state index contributed by atoms with van der Waals surface area (Å²) < 4.78 is 19.3. The molecule has 2 rings (SSSR count). The fraction of sp³-hybridized carbons (Fsp3) is 0.200. The lowest BCUT2D eigenvalue weighted by Crippen LogP contribution is -2.23. The van der Waals surface area contributed by atoms with Gasteiger partial charge >= 0.3 is 0 Å². The maximum absolute atomic E-state index is 13.7. The van der Waals surface area contributed by atoms with Crippen LogP contribution in [0.4, 0.5) is 15.8 Å². The molecule has 6 heteroatoms. The van der Waals surface area contributed by atoms with Gasteiger partial charge in [0, 0.05) is 6.07 Å². The second-order valence-corrected chi connectivity index (χ2v) is 4.54. The summed E-state index contributed by atoms with van der Waals surface area (Å²) in [5.74, 6) is 0.0760. The van der Waals surface area contributed by atoms with Crippen molar-refractivity contribution in [3.8, 4) is 5.75 Å². The van der Waals surface area contributed by atoms with E-state index in [1.54, 1.807) is 0 Å². The predicted molar refractivity (Wildman–Crippen MR) is 78.1 cm³/mol. The van der Waals surface area contributed by atoms with E-state index in [4.69, 9.17) is 4.74 Å². The minimum Gasteiger partial charge on any atom is -0.489 e. The Morgan fingerprint density at radius 2 is 2.00 bits per heavy atom. The van der Waals surface area contributed by atoms with E-state index >= 15 is 0 Å². The van der Waals surface area contributed by atoms with Crippen LogP contribution in [0.25, 0.3) is 0 Å². The second kappa shape index (κ2) is 6.69. The molecular formula is C15H15FN2O3. The topological polar surface area (TPSA) is 64.4 Å². The SMILES string of the molecule is CC(CNc1ccc([N+](=O)[O-])cc1F)Oc1ccccc1. The summed E-state index contributed by atoms with van der Waals surface area (Å²) in [5.41, 5.74) is -0.0595. The maximum atomic E-state index is 13.7. The number of nitro groups is 1. The largest absolute Gasteiger partial charge is 0.489 e. The van der Waals surface area contributed by atoms with Gasteiger partial charge in [0.25, 0.3) is 5.69 Å². The predicted octanol–water partition coefficient (Wildman–Crippen LogP) is 3.61. The number of para-hydroxylation sites is 1. The van der Waals surface area contributed by atoms with Crippen LogP contribution in [0, 0.1) is 15.9 Å². The molecule has 0 aliphatic heterocycles. The van der Waals surface area contributed by atoms with Crippen LogP contribution in [-0.2, 0) is 0 Å². The number of rotatable bonds is 6. The Morgan fingerprint density at radius 3 is 2.62 bits per heavy atom. The van der Waals surface area contributed by atoms with E-state index in [0.29, 0.717) is 6.54 Å². The highest BCUT2D eigenvalue weighted by Gasteiger charge is 2.11. The zero-order chi connectivity index (χ0) is 15.2. The lowest BCUT2D eigenvalue weighted by atomic mass is 10.2. The first-order valence-corrected chi connectivity index (χ1v) is 6.46. The Hall–Kier alpha value is -2.63. The molecule has 21 heavy (non-hydrogen) atoms. The van der Waals surface area contributed by atoms with Gasteiger partial charge in [0.05, 0.1) is 23.2 Å². The molecule has 1 atom stereocenters. The summed E-state index contributed by atoms with van der Waals surface area (Å²) >= 11 is 0. The van der Waals surface area contributed by atoms with Gasteiger partial charge in [-0.15, -0.1) is 0 Å². The highest BCUT2D eigenvalue weighted by molar-refractivity contribution is 5.50. The van der Waals surface area contributed by atoms with Crippen LogP contribution in [0.2, 0.25) is 0 Å². The summed E-state index contributed by atoms with van der Waals surface area (Å²) in [6.07, 6.45) is -0.179. The molecule has 0 saturated carbocycles. The third-order valence-corrected chi connectivity index (χ3v) is 2.82. The summed E-state index contributed by atoms with van der Waals surface area (Å²) in [4.78, 5) is 9.90. The van der Waals surface area contributed by atoms with Gasteiger partial charge in [-0.3, -0.25) is 10.1 Å². The molecule has 0 amide bonds. The van der Waals surface area contributed by atoms with Crippen molar-refractivity contribution in [1.29, 1.82) is 0 Å². The minimum absolute atomic E-state index is 0.179. The van der Waals surface area contributed by atoms with Gasteiger partial charge in [0.2, 0.25) is 0 Å². The van der Waals surface area contributed by atoms with E-state index in [1.807, 2.05) is 37.3 Å². The molecule has 0 bridgehead atoms. The summed E-state index contributed by atoms with van der Waals surface area (Å²) in [7, 11) is 0. The van der Waals surface area contributed by atoms with Gasteiger partial charge in [-0.25, -0.2) is 4.39 Å². The first kappa shape index (κ1) is 14.8. The maximum Gasteiger partial charge on any atom is 0.272 e. The monoisotopic (exact) mass is 290 g/mol. The van der Waals surface area contributed by atoms with Crippen molar-refractivity contribution in [2.45, 2.75) is 13.0 Å². The number of ether oxygens (including phenoxy) is 1. The smallest absolute Gasteiger partial charge is 0.272 e. The number of halogens is 1. The van der Waals surface area contributed by atoms with Crippen LogP contribution < -0.4 is 10.1 Å². The molecule has 5 nitrogen and oxygen atoms in total. The van der Waals surface area contributed by atoms with Crippen molar-refractivity contribution in [2.24, 2.45) is 0 Å². The Balaban J connectivity index is 1.92. The van der Waals surface area contributed by atoms with Crippen LogP contribution in [-0.4, -0.2) is 17.6 Å². The third-order valence-electron chi connectivity index (χ3n) is 2.82. The fourth-order valence-electron chi connectivity index (χ4n) is 1.79. The van der Waals surface area contributed by atoms with Crippen LogP contribution in [0.15, 0.2) is 48.5 Å². The highest BCUT2D eigenvalue weighted by Crippen LogP contribution is 2.20. The molecule has 2 aromatic rings. The number of benzene rings is 2. The van der Waals surface area contributed by atoms with Gasteiger partial charge in [-0.2, -0.15) is 0 Å². The second-order valence-electron chi connectivity index (χ2n) is 4.54. The molecule has 0 aromatic heterocycles. The number of non-ortho nitro benzene ring substituents is 1. The number of nitrogens with zero attached hydrogens (tertiary/aromatic N) is 1. The molecule has 0 saturated heterocycles. The molecule has 0 spiro atoms. The van der Waals surface area contributed by atoms with Crippen molar-refractivity contribution in [3.05, 3.63) is 64.5 Å². The number of nitrogens with one attached hydrogen (secondary N) is 1. The van der Waals surface area contributed by atoms with Gasteiger partial charge < -0.3 is 10.1 Å². The molecule has 0 aliphatic rings. The molecule has 0 aliphatic carbocycles. The number of hydrogen-bond acceptors (Lipinski definition) is 4. The normalized spacial score (nSPS) is 11.7. The summed E-state index contributed by atoms with van der Waals surface area (Å²) in [5, 5.41) is 13.4. The van der Waals surface area contributed by atoms with Crippen LogP contribution in [0.5, 0.6) is 5.75 Å². The molecule has 1 unspecified atom stereocenters. The minimum atomic E-state index is -0.656. The zero-order valence-electron chi connectivity index (χ0n) is 11.5. The number of nitro benzene ring substituents is 1. The Morgan fingerprint density at radius 1 is 1.29 bits per heavy atom. The van der Waals surface area contributed by atoms with Crippen molar-refractivity contribution < 1.29 is 14.1 Å². The first-order chi connectivity index (χ1) is 10.1. The van der Waals surface area contributed by atoms with Gasteiger partial charge in [-0.1, -0.05) is 18.2 Å². The van der Waals surface area contributed by atoms with Crippen molar-refractivity contribution in [3.63, 3.8) is 0 Å². The van der Waals surface area contributed by atoms with E-state index in [2.05, 4.69) is 5.32 Å². The zero-order valence-corrected chi connectivity index (χ0v) is 11.5. The molecular weight excluding hydrogens is 275 g/mol. The van der Waals surface area contributed by atoms with Gasteiger partial charge in [0.15, 0.2) is 5.82 Å². The third kappa shape index (κ3) is 4.17. The first-order valence-electron chi connectivity index (χ1n) is 6.46. The number of anilines is 1. The molecule has 0 radical (unpaired) electrons. The molecule has 0 fully saturated rings. The average molecular weight is 290 g/mol. The molecule has 0 heterocycles. The summed E-state index contributed by atoms with van der Waals surface area (Å²) in [6.45, 7) is 2.23. The van der Waals surface area contributed by atoms with E-state index in [-0.39, 0.29) is 17.5 Å². The quantitative estimate of drug-likeness (QED) is 0.652. The van der Waals surface area contributed by atoms with E-state index in [0.717, 1.165) is 11.8 Å². The lowest BCUT2D eigenvalue weighted by Gasteiger charge is -2.16. The van der Waals surface area contributed by atoms with Crippen LogP contribution in [0.1, 0.15) is 6.92 Å². The molecule has 2 aromatic carbocycles. The molecule has 110 valence electrons. The average Bonchev–Trinajstić information content (AvgIpc) is 2.47. The van der Waals surface area contributed by atoms with Crippen molar-refractivity contribution in [2.75, 3.05) is 11.9 Å². The van der Waals surface area contributed by atoms with Gasteiger partial charge in [-0.05, 0) is 25.1 Å². The standard InChI is InChI=1S/C15H15FN2O3/c1-11(21-13-5-3-2-4-6-13)10-17-15-8-7-12(18(19)20)9-14(15)16/h2-9,11,17H,10H2,1H3. The van der Waals surface area contributed by atoms with Crippen LogP contribution in [0.3, 0.4) is 0 Å². The Kier molecular flexibility index (Phi) is 4.71. The van der Waals surface area contributed by atoms with Crippen molar-refractivity contribution in [1.82, 2.24) is 0 Å². The lowest BCUT2D eigenvalue weighted by molar-refractivity contribution is -0.385. The van der Waals surface area contributed by atoms with E-state index in [1.165, 1.54) is 12.1 Å². The molecule has 1 N–H and O–H groups in total. The Labute approximate surface area is 121 Å². The summed E-state index contributed by atoms with van der Waals surface area (Å²) in [6, 6.07) is 12.8. The fourth-order valence-corrected chi connectivity index (χ4v) is 1.79. The van der Waals surface area contributed by atoms with E-state index < -0.39 is 10.7 Å². The van der Waals surface area contributed by atoms with Crippen LogP contribution >= 0.6 is 0 Å². The Bertz CT molecular complexity index is 620. The number of hydrogen-bond donors (Lipinski definition) is 1.